The van der Waals surface area contributed by atoms with E-state index in [-0.39, 0.29) is 23.1 Å². The fourth-order valence-corrected chi connectivity index (χ4v) is 4.81. The second-order valence-corrected chi connectivity index (χ2v) is 8.60. The van der Waals surface area contributed by atoms with Crippen LogP contribution < -0.4 is 4.90 Å². The number of nitrogens with zero attached hydrogens (tertiary/aromatic N) is 4. The molecule has 31 heavy (non-hydrogen) atoms. The number of anilines is 1. The van der Waals surface area contributed by atoms with E-state index in [1.54, 1.807) is 36.9 Å². The maximum Gasteiger partial charge on any atom is 0.417 e. The van der Waals surface area contributed by atoms with E-state index in [0.717, 1.165) is 6.07 Å². The Morgan fingerprint density at radius 1 is 1.26 bits per heavy atom. The van der Waals surface area contributed by atoms with Crippen LogP contribution in [0.4, 0.5) is 18.9 Å². The highest BCUT2D eigenvalue weighted by Gasteiger charge is 2.52. The summed E-state index contributed by atoms with van der Waals surface area (Å²) in [5.74, 6) is -0.317. The van der Waals surface area contributed by atoms with Gasteiger partial charge in [0.2, 0.25) is 11.8 Å². The van der Waals surface area contributed by atoms with Gasteiger partial charge in [0, 0.05) is 57.8 Å². The Balaban J connectivity index is 1.83. The van der Waals surface area contributed by atoms with Crippen molar-refractivity contribution in [3.05, 3.63) is 29.3 Å². The van der Waals surface area contributed by atoms with Gasteiger partial charge in [-0.05, 0) is 31.0 Å². The topological polar surface area (TPSA) is 67.7 Å². The maximum absolute atomic E-state index is 13.3. The van der Waals surface area contributed by atoms with Crippen LogP contribution >= 0.6 is 0 Å². The second-order valence-electron chi connectivity index (χ2n) is 8.60. The summed E-state index contributed by atoms with van der Waals surface area (Å²) >= 11 is 0. The number of carbonyl (C=O) groups excluding carboxylic acids is 2. The Labute approximate surface area is 180 Å². The third-order valence-electron chi connectivity index (χ3n) is 6.60. The fraction of sp³-hybridized carbons (Fsp3) is 0.591. The lowest BCUT2D eigenvalue weighted by atomic mass is 9.70. The van der Waals surface area contributed by atoms with Crippen molar-refractivity contribution < 1.29 is 22.8 Å². The Bertz CT molecular complexity index is 899. The van der Waals surface area contributed by atoms with Crippen molar-refractivity contribution in [2.75, 3.05) is 45.2 Å². The van der Waals surface area contributed by atoms with E-state index in [2.05, 4.69) is 0 Å². The van der Waals surface area contributed by atoms with E-state index in [1.165, 1.54) is 12.1 Å². The lowest BCUT2D eigenvalue weighted by Gasteiger charge is -2.43. The van der Waals surface area contributed by atoms with Crippen LogP contribution in [0.15, 0.2) is 18.2 Å². The van der Waals surface area contributed by atoms with Gasteiger partial charge in [0.15, 0.2) is 0 Å². The quantitative estimate of drug-likeness (QED) is 0.730. The van der Waals surface area contributed by atoms with E-state index in [4.69, 9.17) is 5.26 Å². The summed E-state index contributed by atoms with van der Waals surface area (Å²) < 4.78 is 40.0. The first kappa shape index (κ1) is 22.9. The van der Waals surface area contributed by atoms with Gasteiger partial charge in [-0.2, -0.15) is 18.4 Å². The number of benzene rings is 1. The van der Waals surface area contributed by atoms with E-state index in [1.807, 2.05) is 4.90 Å². The molecular formula is C22H27F3N4O2. The van der Waals surface area contributed by atoms with Gasteiger partial charge < -0.3 is 14.7 Å². The smallest absolute Gasteiger partial charge is 0.371 e. The number of nitriles is 1. The molecule has 1 atom stereocenters. The largest absolute Gasteiger partial charge is 0.417 e. The Morgan fingerprint density at radius 2 is 1.90 bits per heavy atom. The summed E-state index contributed by atoms with van der Waals surface area (Å²) in [6, 6.07) is 5.38. The monoisotopic (exact) mass is 436 g/mol. The second kappa shape index (κ2) is 8.40. The van der Waals surface area contributed by atoms with Crippen molar-refractivity contribution in [1.82, 2.24) is 9.80 Å². The first-order chi connectivity index (χ1) is 14.5. The number of piperidine rings is 1. The molecule has 1 spiro atoms. The number of amides is 2. The van der Waals surface area contributed by atoms with Gasteiger partial charge >= 0.3 is 6.18 Å². The van der Waals surface area contributed by atoms with Crippen LogP contribution in [0.5, 0.6) is 0 Å². The van der Waals surface area contributed by atoms with Gasteiger partial charge in [-0.3, -0.25) is 9.59 Å². The molecule has 2 saturated heterocycles. The molecule has 0 radical (unpaired) electrons. The standard InChI is InChI=1S/C22H27F3N4O2/c1-4-19(30)29-13-18(20(31)27(2)3)21(14-29)7-9-28(10-8-21)16-6-5-15(12-26)17(11-16)22(23,24)25/h5-6,11,18H,4,7-10,13-14H2,1-3H3. The van der Waals surface area contributed by atoms with Gasteiger partial charge in [0.05, 0.1) is 23.1 Å². The van der Waals surface area contributed by atoms with Gasteiger partial charge in [0.1, 0.15) is 0 Å². The molecule has 9 heteroatoms. The van der Waals surface area contributed by atoms with Crippen molar-refractivity contribution in [2.24, 2.45) is 11.3 Å². The van der Waals surface area contributed by atoms with Gasteiger partial charge in [-0.25, -0.2) is 0 Å². The average molecular weight is 436 g/mol. The molecule has 1 unspecified atom stereocenters. The molecule has 0 N–H and O–H groups in total. The molecular weight excluding hydrogens is 409 g/mol. The number of alkyl halides is 3. The van der Waals surface area contributed by atoms with Crippen LogP contribution in [0.25, 0.3) is 0 Å². The SMILES string of the molecule is CCC(=O)N1CC(C(=O)N(C)C)C2(CCN(c3ccc(C#N)c(C(F)(F)F)c3)CC2)C1. The van der Waals surface area contributed by atoms with Crippen LogP contribution in [0.2, 0.25) is 0 Å². The number of likely N-dealkylation sites (tertiary alicyclic amines) is 1. The summed E-state index contributed by atoms with van der Waals surface area (Å²) in [7, 11) is 3.40. The molecule has 6 nitrogen and oxygen atoms in total. The van der Waals surface area contributed by atoms with E-state index < -0.39 is 17.3 Å². The van der Waals surface area contributed by atoms with Crippen LogP contribution in [-0.4, -0.2) is 61.9 Å². The number of hydrogen-bond donors (Lipinski definition) is 0. The Morgan fingerprint density at radius 3 is 2.42 bits per heavy atom. The normalized spacial score (nSPS) is 20.6. The molecule has 1 aromatic rings. The Kier molecular flexibility index (Phi) is 6.21. The van der Waals surface area contributed by atoms with Gasteiger partial charge in [-0.1, -0.05) is 6.92 Å². The van der Waals surface area contributed by atoms with Crippen LogP contribution in [0.3, 0.4) is 0 Å². The first-order valence-corrected chi connectivity index (χ1v) is 10.4. The highest BCUT2D eigenvalue weighted by Crippen LogP contribution is 2.46. The molecule has 2 heterocycles. The molecule has 2 amide bonds. The molecule has 0 saturated carbocycles. The Hall–Kier alpha value is -2.76. The van der Waals surface area contributed by atoms with Crippen molar-refractivity contribution >= 4 is 17.5 Å². The fourth-order valence-electron chi connectivity index (χ4n) is 4.81. The first-order valence-electron chi connectivity index (χ1n) is 10.4. The van der Waals surface area contributed by atoms with Crippen LogP contribution in [-0.2, 0) is 15.8 Å². The molecule has 1 aromatic carbocycles. The minimum absolute atomic E-state index is 0.0118. The number of halogens is 3. The third kappa shape index (κ3) is 4.34. The molecule has 0 aromatic heterocycles. The molecule has 0 bridgehead atoms. The van der Waals surface area contributed by atoms with Crippen molar-refractivity contribution in [3.8, 4) is 6.07 Å². The lowest BCUT2D eigenvalue weighted by molar-refractivity contribution is -0.138. The van der Waals surface area contributed by atoms with Crippen molar-refractivity contribution in [2.45, 2.75) is 32.4 Å². The summed E-state index contributed by atoms with van der Waals surface area (Å²) in [5, 5.41) is 9.01. The number of carbonyl (C=O) groups is 2. The molecule has 3 rings (SSSR count). The molecule has 2 aliphatic rings. The number of hydrogen-bond acceptors (Lipinski definition) is 4. The summed E-state index contributed by atoms with van der Waals surface area (Å²) in [6.45, 7) is 3.64. The highest BCUT2D eigenvalue weighted by atomic mass is 19.4. The number of rotatable bonds is 3. The van der Waals surface area contributed by atoms with Gasteiger partial charge in [0.25, 0.3) is 0 Å². The molecule has 168 valence electrons. The van der Waals surface area contributed by atoms with Crippen molar-refractivity contribution in [1.29, 1.82) is 5.26 Å². The average Bonchev–Trinajstić information content (AvgIpc) is 3.10. The van der Waals surface area contributed by atoms with Crippen LogP contribution in [0, 0.1) is 22.7 Å². The minimum Gasteiger partial charge on any atom is -0.371 e. The maximum atomic E-state index is 13.3. The molecule has 0 aliphatic carbocycles. The predicted octanol–water partition coefficient (Wildman–Crippen LogP) is 3.12. The zero-order valence-corrected chi connectivity index (χ0v) is 18.0. The molecule has 2 aliphatic heterocycles. The van der Waals surface area contributed by atoms with E-state index in [0.29, 0.717) is 51.1 Å². The summed E-state index contributed by atoms with van der Waals surface area (Å²) in [4.78, 5) is 30.4. The van der Waals surface area contributed by atoms with Crippen LogP contribution in [0.1, 0.15) is 37.3 Å². The van der Waals surface area contributed by atoms with E-state index in [9.17, 15) is 22.8 Å². The third-order valence-corrected chi connectivity index (χ3v) is 6.60. The summed E-state index contributed by atoms with van der Waals surface area (Å²) in [6.07, 6.45) is -3.03. The van der Waals surface area contributed by atoms with Gasteiger partial charge in [-0.15, -0.1) is 0 Å². The molecule has 2 fully saturated rings. The predicted molar refractivity (Wildman–Crippen MR) is 109 cm³/mol. The zero-order valence-electron chi connectivity index (χ0n) is 18.0. The summed E-state index contributed by atoms with van der Waals surface area (Å²) in [5.41, 5.74) is -1.29. The van der Waals surface area contributed by atoms with Crippen molar-refractivity contribution in [3.63, 3.8) is 0 Å². The zero-order chi connectivity index (χ0) is 23.0. The minimum atomic E-state index is -4.60. The van der Waals surface area contributed by atoms with E-state index >= 15 is 0 Å². The lowest BCUT2D eigenvalue weighted by Crippen LogP contribution is -2.48. The highest BCUT2D eigenvalue weighted by molar-refractivity contribution is 5.83.